The van der Waals surface area contributed by atoms with Gasteiger partial charge in [-0.3, -0.25) is 9.59 Å². The number of anilines is 1. The number of nitrogens with one attached hydrogen (secondary N) is 1. The van der Waals surface area contributed by atoms with E-state index in [1.165, 1.54) is 0 Å². The maximum absolute atomic E-state index is 12.7. The molecular weight excluding hydrogens is 302 g/mol. The first-order chi connectivity index (χ1) is 11.5. The quantitative estimate of drug-likeness (QED) is 0.886. The maximum Gasteiger partial charge on any atom is 0.258 e. The van der Waals surface area contributed by atoms with Gasteiger partial charge in [-0.2, -0.15) is 0 Å². The van der Waals surface area contributed by atoms with Gasteiger partial charge in [-0.1, -0.05) is 24.3 Å². The highest BCUT2D eigenvalue weighted by Gasteiger charge is 2.17. The Morgan fingerprint density at radius 1 is 0.917 bits per heavy atom. The fraction of sp³-hybridized carbons (Fsp3) is 0.263. The predicted octanol–water partition coefficient (Wildman–Crippen LogP) is 2.25. The first-order valence-corrected chi connectivity index (χ1v) is 7.88. The number of hydrogen-bond donors (Lipinski definition) is 1. The molecule has 0 saturated heterocycles. The number of likely N-dealkylation sites (N-methyl/N-ethyl adjacent to an activating group) is 2. The Labute approximate surface area is 142 Å². The average Bonchev–Trinajstić information content (AvgIpc) is 2.65. The molecule has 126 valence electrons. The van der Waals surface area contributed by atoms with Crippen LogP contribution >= 0.6 is 0 Å². The molecule has 0 aliphatic carbocycles. The standard InChI is InChI=1S/C19H23N3O2/c1-20-12-13-21(2)18(23)15-8-7-9-16(14-15)19(24)22(3)17-10-5-4-6-11-17/h4-11,14,20H,12-13H2,1-3H3. The van der Waals surface area contributed by atoms with E-state index < -0.39 is 0 Å². The zero-order valence-corrected chi connectivity index (χ0v) is 14.3. The molecule has 2 rings (SSSR count). The summed E-state index contributed by atoms with van der Waals surface area (Å²) in [5.74, 6) is -0.240. The minimum Gasteiger partial charge on any atom is -0.340 e. The molecule has 2 amide bonds. The normalized spacial score (nSPS) is 10.3. The van der Waals surface area contributed by atoms with E-state index in [-0.39, 0.29) is 11.8 Å². The van der Waals surface area contributed by atoms with E-state index in [2.05, 4.69) is 5.32 Å². The lowest BCUT2D eigenvalue weighted by molar-refractivity contribution is 0.0797. The van der Waals surface area contributed by atoms with Gasteiger partial charge in [0.05, 0.1) is 0 Å². The van der Waals surface area contributed by atoms with Gasteiger partial charge in [-0.25, -0.2) is 0 Å². The van der Waals surface area contributed by atoms with Crippen LogP contribution in [0.4, 0.5) is 5.69 Å². The molecule has 1 N–H and O–H groups in total. The molecule has 24 heavy (non-hydrogen) atoms. The average molecular weight is 325 g/mol. The van der Waals surface area contributed by atoms with Crippen LogP contribution in [0.25, 0.3) is 0 Å². The number of benzene rings is 2. The second-order valence-corrected chi connectivity index (χ2v) is 5.61. The predicted molar refractivity (Wildman–Crippen MR) is 96.5 cm³/mol. The van der Waals surface area contributed by atoms with Crippen molar-refractivity contribution in [1.29, 1.82) is 0 Å². The van der Waals surface area contributed by atoms with Gasteiger partial charge in [0.1, 0.15) is 0 Å². The molecule has 0 atom stereocenters. The molecule has 0 saturated carbocycles. The smallest absolute Gasteiger partial charge is 0.258 e. The first-order valence-electron chi connectivity index (χ1n) is 7.88. The van der Waals surface area contributed by atoms with Crippen molar-refractivity contribution in [3.05, 3.63) is 65.7 Å². The van der Waals surface area contributed by atoms with Crippen molar-refractivity contribution in [1.82, 2.24) is 10.2 Å². The molecule has 0 aliphatic rings. The number of hydrogen-bond acceptors (Lipinski definition) is 3. The van der Waals surface area contributed by atoms with E-state index in [9.17, 15) is 9.59 Å². The van der Waals surface area contributed by atoms with Crippen LogP contribution in [0.3, 0.4) is 0 Å². The molecule has 2 aromatic carbocycles. The minimum atomic E-state index is -0.145. The van der Waals surface area contributed by atoms with E-state index in [0.717, 1.165) is 12.2 Å². The molecule has 0 unspecified atom stereocenters. The minimum absolute atomic E-state index is 0.0951. The molecule has 0 heterocycles. The summed E-state index contributed by atoms with van der Waals surface area (Å²) < 4.78 is 0. The monoisotopic (exact) mass is 325 g/mol. The molecule has 0 bridgehead atoms. The maximum atomic E-state index is 12.7. The summed E-state index contributed by atoms with van der Waals surface area (Å²) in [5, 5.41) is 3.01. The van der Waals surface area contributed by atoms with E-state index in [1.807, 2.05) is 37.4 Å². The van der Waals surface area contributed by atoms with Crippen LogP contribution < -0.4 is 10.2 Å². The van der Waals surface area contributed by atoms with Crippen molar-refractivity contribution in [2.75, 3.05) is 39.1 Å². The van der Waals surface area contributed by atoms with Crippen LogP contribution in [-0.4, -0.2) is 50.9 Å². The number of para-hydroxylation sites is 1. The number of carbonyl (C=O) groups excluding carboxylic acids is 2. The van der Waals surface area contributed by atoms with Gasteiger partial charge in [0.2, 0.25) is 0 Å². The van der Waals surface area contributed by atoms with Gasteiger partial charge < -0.3 is 15.1 Å². The second-order valence-electron chi connectivity index (χ2n) is 5.61. The number of amides is 2. The first kappa shape index (κ1) is 17.7. The van der Waals surface area contributed by atoms with Gasteiger partial charge in [-0.05, 0) is 37.4 Å². The summed E-state index contributed by atoms with van der Waals surface area (Å²) in [6.07, 6.45) is 0. The Balaban J connectivity index is 2.17. The molecule has 0 aliphatic heterocycles. The lowest BCUT2D eigenvalue weighted by Gasteiger charge is -2.19. The van der Waals surface area contributed by atoms with Gasteiger partial charge in [0.25, 0.3) is 11.8 Å². The van der Waals surface area contributed by atoms with Crippen molar-refractivity contribution in [2.45, 2.75) is 0 Å². The Morgan fingerprint density at radius 3 is 2.17 bits per heavy atom. The Kier molecular flexibility index (Phi) is 6.09. The lowest BCUT2D eigenvalue weighted by atomic mass is 10.1. The van der Waals surface area contributed by atoms with Crippen LogP contribution in [0, 0.1) is 0 Å². The van der Waals surface area contributed by atoms with Crippen LogP contribution in [0.15, 0.2) is 54.6 Å². The summed E-state index contributed by atoms with van der Waals surface area (Å²) in [4.78, 5) is 28.3. The molecule has 0 fully saturated rings. The SMILES string of the molecule is CNCCN(C)C(=O)c1cccc(C(=O)N(C)c2ccccc2)c1. The van der Waals surface area contributed by atoms with E-state index in [0.29, 0.717) is 17.7 Å². The zero-order valence-electron chi connectivity index (χ0n) is 14.3. The number of carbonyl (C=O) groups is 2. The Morgan fingerprint density at radius 2 is 1.54 bits per heavy atom. The third-order valence-corrected chi connectivity index (χ3v) is 3.85. The van der Waals surface area contributed by atoms with Gasteiger partial charge in [0.15, 0.2) is 0 Å². The van der Waals surface area contributed by atoms with Crippen molar-refractivity contribution in [3.8, 4) is 0 Å². The van der Waals surface area contributed by atoms with Crippen molar-refractivity contribution < 1.29 is 9.59 Å². The molecule has 2 aromatic rings. The summed E-state index contributed by atoms with van der Waals surface area (Å²) in [5.41, 5.74) is 1.82. The van der Waals surface area contributed by atoms with E-state index in [1.54, 1.807) is 48.2 Å². The fourth-order valence-corrected chi connectivity index (χ4v) is 2.35. The summed E-state index contributed by atoms with van der Waals surface area (Å²) in [6, 6.07) is 16.3. The molecule has 0 spiro atoms. The topological polar surface area (TPSA) is 52.7 Å². The zero-order chi connectivity index (χ0) is 17.5. The number of nitrogens with zero attached hydrogens (tertiary/aromatic N) is 2. The molecule has 5 nitrogen and oxygen atoms in total. The van der Waals surface area contributed by atoms with Gasteiger partial charge in [-0.15, -0.1) is 0 Å². The largest absolute Gasteiger partial charge is 0.340 e. The van der Waals surface area contributed by atoms with Gasteiger partial charge in [0, 0.05) is 44.0 Å². The van der Waals surface area contributed by atoms with Crippen molar-refractivity contribution in [3.63, 3.8) is 0 Å². The molecular formula is C19H23N3O2. The van der Waals surface area contributed by atoms with E-state index >= 15 is 0 Å². The molecule has 0 aromatic heterocycles. The highest BCUT2D eigenvalue weighted by atomic mass is 16.2. The fourth-order valence-electron chi connectivity index (χ4n) is 2.35. The molecule has 0 radical (unpaired) electrons. The Hall–Kier alpha value is -2.66. The Bertz CT molecular complexity index is 701. The highest BCUT2D eigenvalue weighted by molar-refractivity contribution is 6.07. The summed E-state index contributed by atoms with van der Waals surface area (Å²) in [6.45, 7) is 1.33. The molecule has 5 heteroatoms. The van der Waals surface area contributed by atoms with Gasteiger partial charge >= 0.3 is 0 Å². The summed E-state index contributed by atoms with van der Waals surface area (Å²) in [7, 11) is 5.33. The second kappa shape index (κ2) is 8.26. The third kappa shape index (κ3) is 4.20. The van der Waals surface area contributed by atoms with Crippen molar-refractivity contribution in [2.24, 2.45) is 0 Å². The highest BCUT2D eigenvalue weighted by Crippen LogP contribution is 2.16. The third-order valence-electron chi connectivity index (χ3n) is 3.85. The number of rotatable bonds is 6. The van der Waals surface area contributed by atoms with Crippen LogP contribution in [-0.2, 0) is 0 Å². The van der Waals surface area contributed by atoms with Crippen LogP contribution in [0.5, 0.6) is 0 Å². The van der Waals surface area contributed by atoms with Crippen LogP contribution in [0.2, 0.25) is 0 Å². The summed E-state index contributed by atoms with van der Waals surface area (Å²) >= 11 is 0. The van der Waals surface area contributed by atoms with Crippen LogP contribution in [0.1, 0.15) is 20.7 Å². The lowest BCUT2D eigenvalue weighted by Crippen LogP contribution is -2.33. The van der Waals surface area contributed by atoms with E-state index in [4.69, 9.17) is 0 Å². The van der Waals surface area contributed by atoms with Crippen molar-refractivity contribution >= 4 is 17.5 Å².